The van der Waals surface area contributed by atoms with Crippen molar-refractivity contribution in [2.75, 3.05) is 11.1 Å². The first-order valence-electron chi connectivity index (χ1n) is 4.18. The molecule has 0 amide bonds. The first-order valence-corrected chi connectivity index (χ1v) is 4.18. The Balaban J connectivity index is 2.94. The Kier molecular flexibility index (Phi) is 2.85. The fraction of sp³-hybridized carbons (Fsp3) is 0.375. The molecule has 1 aromatic rings. The first kappa shape index (κ1) is 10.2. The van der Waals surface area contributed by atoms with Crippen molar-refractivity contribution < 1.29 is 4.92 Å². The number of anilines is 2. The molecule has 0 fully saturated rings. The SMILES string of the molecule is CC(C)Nc1ccc([N+](=O)[O-])c(N)n1. The summed E-state index contributed by atoms with van der Waals surface area (Å²) in [4.78, 5) is 13.7. The van der Waals surface area contributed by atoms with Gasteiger partial charge in [-0.3, -0.25) is 10.1 Å². The van der Waals surface area contributed by atoms with Gasteiger partial charge in [0, 0.05) is 12.1 Å². The van der Waals surface area contributed by atoms with Gasteiger partial charge in [-0.05, 0) is 19.9 Å². The molecule has 1 heterocycles. The fourth-order valence-corrected chi connectivity index (χ4v) is 0.998. The average molecular weight is 196 g/mol. The number of rotatable bonds is 3. The number of nitrogens with zero attached hydrogens (tertiary/aromatic N) is 2. The Morgan fingerprint density at radius 3 is 2.64 bits per heavy atom. The number of aromatic nitrogens is 1. The maximum absolute atomic E-state index is 10.4. The number of nitro groups is 1. The van der Waals surface area contributed by atoms with Crippen molar-refractivity contribution in [1.29, 1.82) is 0 Å². The van der Waals surface area contributed by atoms with Crippen LogP contribution in [0.2, 0.25) is 0 Å². The molecule has 0 saturated heterocycles. The molecule has 0 aliphatic rings. The Hall–Kier alpha value is -1.85. The monoisotopic (exact) mass is 196 g/mol. The summed E-state index contributed by atoms with van der Waals surface area (Å²) in [5.74, 6) is 0.476. The van der Waals surface area contributed by atoms with Crippen LogP contribution in [0.3, 0.4) is 0 Å². The summed E-state index contributed by atoms with van der Waals surface area (Å²) in [6.07, 6.45) is 0. The Morgan fingerprint density at radius 2 is 2.21 bits per heavy atom. The summed E-state index contributed by atoms with van der Waals surface area (Å²) in [5.41, 5.74) is 5.24. The van der Waals surface area contributed by atoms with Crippen molar-refractivity contribution in [3.63, 3.8) is 0 Å². The van der Waals surface area contributed by atoms with Gasteiger partial charge in [-0.1, -0.05) is 0 Å². The van der Waals surface area contributed by atoms with Crippen LogP contribution in [0.1, 0.15) is 13.8 Å². The summed E-state index contributed by atoms with van der Waals surface area (Å²) in [6.45, 7) is 3.89. The summed E-state index contributed by atoms with van der Waals surface area (Å²) >= 11 is 0. The molecular formula is C8H12N4O2. The van der Waals surface area contributed by atoms with Crippen molar-refractivity contribution >= 4 is 17.3 Å². The molecule has 6 nitrogen and oxygen atoms in total. The molecule has 0 atom stereocenters. The molecule has 6 heteroatoms. The van der Waals surface area contributed by atoms with Crippen LogP contribution in [0.5, 0.6) is 0 Å². The Bertz CT molecular complexity index is 351. The van der Waals surface area contributed by atoms with Crippen molar-refractivity contribution in [1.82, 2.24) is 4.98 Å². The topological polar surface area (TPSA) is 94.1 Å². The summed E-state index contributed by atoms with van der Waals surface area (Å²) < 4.78 is 0. The Labute approximate surface area is 81.3 Å². The normalized spacial score (nSPS) is 10.2. The lowest BCUT2D eigenvalue weighted by atomic mass is 10.3. The van der Waals surface area contributed by atoms with E-state index in [-0.39, 0.29) is 17.5 Å². The minimum absolute atomic E-state index is 0.0688. The predicted octanol–water partition coefficient (Wildman–Crippen LogP) is 1.39. The van der Waals surface area contributed by atoms with Gasteiger partial charge in [0.2, 0.25) is 5.82 Å². The number of hydrogen-bond acceptors (Lipinski definition) is 5. The standard InChI is InChI=1S/C8H12N4O2/c1-5(2)10-7-4-3-6(12(13)14)8(9)11-7/h3-5H,1-2H3,(H3,9,10,11). The first-order chi connectivity index (χ1) is 6.50. The van der Waals surface area contributed by atoms with Gasteiger partial charge in [-0.25, -0.2) is 4.98 Å². The van der Waals surface area contributed by atoms with Crippen LogP contribution in [-0.2, 0) is 0 Å². The third-order valence-electron chi connectivity index (χ3n) is 1.54. The van der Waals surface area contributed by atoms with Crippen molar-refractivity contribution in [3.8, 4) is 0 Å². The highest BCUT2D eigenvalue weighted by Gasteiger charge is 2.12. The average Bonchev–Trinajstić information content (AvgIpc) is 2.01. The van der Waals surface area contributed by atoms with E-state index in [4.69, 9.17) is 5.73 Å². The maximum Gasteiger partial charge on any atom is 0.311 e. The van der Waals surface area contributed by atoms with Gasteiger partial charge in [0.1, 0.15) is 5.82 Å². The maximum atomic E-state index is 10.4. The van der Waals surface area contributed by atoms with E-state index in [0.29, 0.717) is 5.82 Å². The molecule has 0 aliphatic carbocycles. The van der Waals surface area contributed by atoms with Crippen molar-refractivity contribution in [3.05, 3.63) is 22.2 Å². The number of pyridine rings is 1. The van der Waals surface area contributed by atoms with Crippen LogP contribution in [0, 0.1) is 10.1 Å². The second kappa shape index (κ2) is 3.91. The molecule has 0 radical (unpaired) electrons. The minimum atomic E-state index is -0.554. The largest absolute Gasteiger partial charge is 0.378 e. The van der Waals surface area contributed by atoms with Crippen molar-refractivity contribution in [2.24, 2.45) is 0 Å². The van der Waals surface area contributed by atoms with Gasteiger partial charge in [0.05, 0.1) is 4.92 Å². The summed E-state index contributed by atoms with van der Waals surface area (Å²) in [5, 5.41) is 13.4. The van der Waals surface area contributed by atoms with E-state index in [0.717, 1.165) is 0 Å². The molecule has 0 bridgehead atoms. The highest BCUT2D eigenvalue weighted by atomic mass is 16.6. The van der Waals surface area contributed by atoms with E-state index in [2.05, 4.69) is 10.3 Å². The highest BCUT2D eigenvalue weighted by Crippen LogP contribution is 2.20. The lowest BCUT2D eigenvalue weighted by Gasteiger charge is -2.08. The third-order valence-corrected chi connectivity index (χ3v) is 1.54. The molecular weight excluding hydrogens is 184 g/mol. The van der Waals surface area contributed by atoms with Crippen LogP contribution in [0.15, 0.2) is 12.1 Å². The van der Waals surface area contributed by atoms with Gasteiger partial charge in [0.15, 0.2) is 0 Å². The van der Waals surface area contributed by atoms with Crippen LogP contribution in [-0.4, -0.2) is 15.9 Å². The van der Waals surface area contributed by atoms with E-state index in [1.54, 1.807) is 0 Å². The Morgan fingerprint density at radius 1 is 1.57 bits per heavy atom. The molecule has 1 aromatic heterocycles. The van der Waals surface area contributed by atoms with E-state index >= 15 is 0 Å². The molecule has 0 spiro atoms. The van der Waals surface area contributed by atoms with E-state index in [1.807, 2.05) is 13.8 Å². The molecule has 14 heavy (non-hydrogen) atoms. The smallest absolute Gasteiger partial charge is 0.311 e. The highest BCUT2D eigenvalue weighted by molar-refractivity contribution is 5.57. The molecule has 0 unspecified atom stereocenters. The van der Waals surface area contributed by atoms with Gasteiger partial charge < -0.3 is 11.1 Å². The van der Waals surface area contributed by atoms with Crippen LogP contribution < -0.4 is 11.1 Å². The lowest BCUT2D eigenvalue weighted by Crippen LogP contribution is -2.12. The van der Waals surface area contributed by atoms with Crippen molar-refractivity contribution in [2.45, 2.75) is 19.9 Å². The number of nitrogens with two attached hydrogens (primary N) is 1. The third kappa shape index (κ3) is 2.32. The second-order valence-corrected chi connectivity index (χ2v) is 3.16. The van der Waals surface area contributed by atoms with Gasteiger partial charge >= 0.3 is 5.69 Å². The molecule has 0 aromatic carbocycles. The van der Waals surface area contributed by atoms with Crippen LogP contribution in [0.4, 0.5) is 17.3 Å². The zero-order valence-electron chi connectivity index (χ0n) is 8.02. The number of hydrogen-bond donors (Lipinski definition) is 2. The van der Waals surface area contributed by atoms with Crippen LogP contribution >= 0.6 is 0 Å². The lowest BCUT2D eigenvalue weighted by molar-refractivity contribution is -0.384. The number of nitrogen functional groups attached to an aromatic ring is 1. The van der Waals surface area contributed by atoms with E-state index in [1.165, 1.54) is 12.1 Å². The van der Waals surface area contributed by atoms with E-state index < -0.39 is 4.92 Å². The molecule has 1 rings (SSSR count). The fourth-order valence-electron chi connectivity index (χ4n) is 0.998. The predicted molar refractivity (Wildman–Crippen MR) is 54.1 cm³/mol. The van der Waals surface area contributed by atoms with E-state index in [9.17, 15) is 10.1 Å². The van der Waals surface area contributed by atoms with Gasteiger partial charge in [-0.15, -0.1) is 0 Å². The minimum Gasteiger partial charge on any atom is -0.378 e. The second-order valence-electron chi connectivity index (χ2n) is 3.16. The zero-order valence-corrected chi connectivity index (χ0v) is 8.02. The van der Waals surface area contributed by atoms with Gasteiger partial charge in [0.25, 0.3) is 0 Å². The molecule has 76 valence electrons. The number of nitrogens with one attached hydrogen (secondary N) is 1. The zero-order chi connectivity index (χ0) is 10.7. The summed E-state index contributed by atoms with van der Waals surface area (Å²) in [7, 11) is 0. The summed E-state index contributed by atoms with van der Waals surface area (Å²) in [6, 6.07) is 3.09. The van der Waals surface area contributed by atoms with Crippen LogP contribution in [0.25, 0.3) is 0 Å². The molecule has 0 aliphatic heterocycles. The molecule has 3 N–H and O–H groups in total. The quantitative estimate of drug-likeness (QED) is 0.562. The van der Waals surface area contributed by atoms with Gasteiger partial charge in [-0.2, -0.15) is 0 Å². The molecule has 0 saturated carbocycles.